The molecule has 0 atom stereocenters. The zero-order valence-electron chi connectivity index (χ0n) is 23.3. The fourth-order valence-electron chi connectivity index (χ4n) is 3.60. The Kier molecular flexibility index (Phi) is 10.4. The van der Waals surface area contributed by atoms with Gasteiger partial charge in [0.1, 0.15) is 29.5 Å². The molecule has 1 aromatic heterocycles. The van der Waals surface area contributed by atoms with E-state index in [1.54, 1.807) is 24.3 Å². The van der Waals surface area contributed by atoms with Crippen LogP contribution in [0.2, 0.25) is 5.02 Å². The molecule has 236 valence electrons. The number of nitrogens with one attached hydrogen (secondary N) is 3. The maximum atomic E-state index is 13.0. The Morgan fingerprint density at radius 3 is 2.30 bits per heavy atom. The van der Waals surface area contributed by atoms with Crippen molar-refractivity contribution in [2.75, 3.05) is 17.2 Å². The third-order valence-corrected chi connectivity index (χ3v) is 5.79. The molecule has 1 amide bonds. The number of halogens is 7. The van der Waals surface area contributed by atoms with Crippen LogP contribution in [0.4, 0.5) is 43.7 Å². The third-order valence-electron chi connectivity index (χ3n) is 5.50. The minimum atomic E-state index is -5.08. The second-order valence-electron chi connectivity index (χ2n) is 10.2. The Morgan fingerprint density at radius 1 is 1.02 bits per heavy atom. The zero-order chi connectivity index (χ0) is 32.9. The van der Waals surface area contributed by atoms with Crippen LogP contribution in [-0.2, 0) is 15.8 Å². The number of aromatic nitrogens is 2. The first-order chi connectivity index (χ1) is 20.3. The maximum Gasteiger partial charge on any atom is 0.490 e. The summed E-state index contributed by atoms with van der Waals surface area (Å²) in [6, 6.07) is 9.32. The SMILES string of the molecule is CC(C)(C)NC(=O)C1=Cc2c(ncnc2Nc2ccc(Oc3cccc(C(F)(F)F)c3)c(Cl)c2)NCC1.O=C(O)C(F)(F)F. The van der Waals surface area contributed by atoms with E-state index in [2.05, 4.69) is 25.9 Å². The summed E-state index contributed by atoms with van der Waals surface area (Å²) in [4.78, 5) is 30.3. The van der Waals surface area contributed by atoms with E-state index in [1.165, 1.54) is 18.5 Å². The monoisotopic (exact) mass is 645 g/mol. The number of ether oxygens (including phenoxy) is 1. The van der Waals surface area contributed by atoms with Gasteiger partial charge in [-0.05, 0) is 69.7 Å². The van der Waals surface area contributed by atoms with Crippen LogP contribution in [0.5, 0.6) is 11.5 Å². The molecule has 0 bridgehead atoms. The third kappa shape index (κ3) is 9.76. The molecule has 0 fully saturated rings. The molecule has 2 aromatic carbocycles. The van der Waals surface area contributed by atoms with Crippen LogP contribution in [-0.4, -0.2) is 45.2 Å². The van der Waals surface area contributed by atoms with Crippen LogP contribution >= 0.6 is 11.6 Å². The van der Waals surface area contributed by atoms with Gasteiger partial charge in [0.2, 0.25) is 5.91 Å². The fraction of sp³-hybridized carbons (Fsp3) is 0.286. The molecule has 9 nitrogen and oxygen atoms in total. The fourth-order valence-corrected chi connectivity index (χ4v) is 3.81. The Labute approximate surface area is 252 Å². The first-order valence-electron chi connectivity index (χ1n) is 12.7. The van der Waals surface area contributed by atoms with Crippen LogP contribution in [0.25, 0.3) is 6.08 Å². The number of nitrogens with zero attached hydrogens (tertiary/aromatic N) is 2. The van der Waals surface area contributed by atoms with E-state index in [1.807, 2.05) is 20.8 Å². The summed E-state index contributed by atoms with van der Waals surface area (Å²) in [7, 11) is 0. The molecule has 1 aliphatic heterocycles. The second-order valence-corrected chi connectivity index (χ2v) is 10.6. The predicted molar refractivity (Wildman–Crippen MR) is 151 cm³/mol. The molecule has 2 heterocycles. The van der Waals surface area contributed by atoms with Crippen molar-refractivity contribution in [2.24, 2.45) is 0 Å². The van der Waals surface area contributed by atoms with Crippen LogP contribution in [0, 0.1) is 0 Å². The van der Waals surface area contributed by atoms with E-state index < -0.39 is 23.9 Å². The van der Waals surface area contributed by atoms with Gasteiger partial charge < -0.3 is 25.8 Å². The zero-order valence-corrected chi connectivity index (χ0v) is 24.1. The van der Waals surface area contributed by atoms with E-state index in [0.717, 1.165) is 12.1 Å². The molecular weight excluding hydrogens is 620 g/mol. The summed E-state index contributed by atoms with van der Waals surface area (Å²) in [6.07, 6.45) is -5.91. The van der Waals surface area contributed by atoms with Gasteiger partial charge in [-0.15, -0.1) is 0 Å². The molecule has 3 aromatic rings. The number of carbonyl (C=O) groups is 2. The van der Waals surface area contributed by atoms with Gasteiger partial charge in [-0.1, -0.05) is 17.7 Å². The molecule has 44 heavy (non-hydrogen) atoms. The van der Waals surface area contributed by atoms with Gasteiger partial charge in [-0.25, -0.2) is 14.8 Å². The molecule has 0 saturated carbocycles. The predicted octanol–water partition coefficient (Wildman–Crippen LogP) is 7.43. The lowest BCUT2D eigenvalue weighted by Crippen LogP contribution is -2.41. The van der Waals surface area contributed by atoms with Gasteiger partial charge in [0.15, 0.2) is 0 Å². The van der Waals surface area contributed by atoms with Crippen molar-refractivity contribution < 1.29 is 45.8 Å². The summed E-state index contributed by atoms with van der Waals surface area (Å²) < 4.78 is 76.3. The number of aliphatic carboxylic acids is 1. The number of rotatable bonds is 5. The van der Waals surface area contributed by atoms with E-state index in [0.29, 0.717) is 41.4 Å². The van der Waals surface area contributed by atoms with Gasteiger partial charge in [0.25, 0.3) is 0 Å². The number of fused-ring (bicyclic) bond motifs is 1. The second kappa shape index (κ2) is 13.4. The summed E-state index contributed by atoms with van der Waals surface area (Å²) in [6.45, 7) is 6.26. The van der Waals surface area contributed by atoms with E-state index in [4.69, 9.17) is 26.2 Å². The molecule has 1 aliphatic rings. The van der Waals surface area contributed by atoms with Crippen LogP contribution < -0.4 is 20.7 Å². The first-order valence-corrected chi connectivity index (χ1v) is 13.0. The van der Waals surface area contributed by atoms with Crippen molar-refractivity contribution >= 4 is 46.9 Å². The Balaban J connectivity index is 0.000000676. The number of amides is 1. The van der Waals surface area contributed by atoms with Crippen molar-refractivity contribution in [1.29, 1.82) is 0 Å². The molecule has 0 saturated heterocycles. The number of benzene rings is 2. The topological polar surface area (TPSA) is 125 Å². The minimum absolute atomic E-state index is 0.0100. The molecule has 0 radical (unpaired) electrons. The van der Waals surface area contributed by atoms with Gasteiger partial charge in [-0.3, -0.25) is 4.79 Å². The summed E-state index contributed by atoms with van der Waals surface area (Å²) >= 11 is 6.37. The lowest BCUT2D eigenvalue weighted by Gasteiger charge is -2.21. The molecule has 16 heteroatoms. The molecule has 4 N–H and O–H groups in total. The van der Waals surface area contributed by atoms with Gasteiger partial charge in [-0.2, -0.15) is 26.3 Å². The number of carbonyl (C=O) groups excluding carboxylic acids is 1. The molecular formula is C28H26ClF6N5O4. The summed E-state index contributed by atoms with van der Waals surface area (Å²) in [5.41, 5.74) is 0.548. The Bertz CT molecular complexity index is 1550. The molecule has 0 spiro atoms. The maximum absolute atomic E-state index is 13.0. The van der Waals surface area contributed by atoms with Crippen LogP contribution in [0.3, 0.4) is 0 Å². The Morgan fingerprint density at radius 2 is 1.70 bits per heavy atom. The molecule has 0 aliphatic carbocycles. The lowest BCUT2D eigenvalue weighted by atomic mass is 10.1. The standard InChI is InChI=1S/C26H25ClF3N5O2.C2HF3O2/c1-25(2,3)35-24(36)15-9-10-31-22-19(11-15)23(33-14-32-22)34-17-7-8-21(20(27)13-17)37-18-6-4-5-16(12-18)26(28,29)30;3-2(4,5)1(6)7/h4-8,11-14H,9-10H2,1-3H3,(H,35,36)(H2,31,32,33,34);(H,6,7). The van der Waals surface area contributed by atoms with Crippen molar-refractivity contribution in [2.45, 2.75) is 45.1 Å². The number of alkyl halides is 6. The minimum Gasteiger partial charge on any atom is -0.475 e. The van der Waals surface area contributed by atoms with Gasteiger partial charge >= 0.3 is 18.3 Å². The number of carboxylic acids is 1. The highest BCUT2D eigenvalue weighted by atomic mass is 35.5. The number of hydrogen-bond acceptors (Lipinski definition) is 7. The average molecular weight is 646 g/mol. The lowest BCUT2D eigenvalue weighted by molar-refractivity contribution is -0.192. The van der Waals surface area contributed by atoms with E-state index in [9.17, 15) is 31.1 Å². The summed E-state index contributed by atoms with van der Waals surface area (Å²) in [5, 5.41) is 16.7. The quantitative estimate of drug-likeness (QED) is 0.211. The number of hydrogen-bond donors (Lipinski definition) is 4. The van der Waals surface area contributed by atoms with Crippen molar-refractivity contribution in [3.63, 3.8) is 0 Å². The van der Waals surface area contributed by atoms with Crippen molar-refractivity contribution in [3.05, 3.63) is 70.5 Å². The van der Waals surface area contributed by atoms with E-state index >= 15 is 0 Å². The smallest absolute Gasteiger partial charge is 0.475 e. The van der Waals surface area contributed by atoms with Crippen LogP contribution in [0.1, 0.15) is 38.3 Å². The van der Waals surface area contributed by atoms with Gasteiger partial charge in [0, 0.05) is 23.3 Å². The highest BCUT2D eigenvalue weighted by Gasteiger charge is 2.38. The Hall–Kier alpha value is -4.53. The molecule has 4 rings (SSSR count). The van der Waals surface area contributed by atoms with Crippen LogP contribution in [0.15, 0.2) is 54.4 Å². The first kappa shape index (κ1) is 34.0. The summed E-state index contributed by atoms with van der Waals surface area (Å²) in [5.74, 6) is -1.70. The highest BCUT2D eigenvalue weighted by molar-refractivity contribution is 6.32. The number of anilines is 3. The van der Waals surface area contributed by atoms with E-state index in [-0.39, 0.29) is 28.0 Å². The average Bonchev–Trinajstić information content (AvgIpc) is 3.12. The largest absolute Gasteiger partial charge is 0.490 e. The van der Waals surface area contributed by atoms with Crippen molar-refractivity contribution in [1.82, 2.24) is 15.3 Å². The number of carboxylic acid groups (broad SMARTS) is 1. The normalized spacial score (nSPS) is 13.2. The highest BCUT2D eigenvalue weighted by Crippen LogP contribution is 2.36. The van der Waals surface area contributed by atoms with Crippen molar-refractivity contribution in [3.8, 4) is 11.5 Å². The molecule has 0 unspecified atom stereocenters. The van der Waals surface area contributed by atoms with Gasteiger partial charge in [0.05, 0.1) is 16.1 Å².